The predicted octanol–water partition coefficient (Wildman–Crippen LogP) is 7.23. The summed E-state index contributed by atoms with van der Waals surface area (Å²) in [7, 11) is 0. The van der Waals surface area contributed by atoms with Crippen LogP contribution in [0.4, 0.5) is 13.2 Å². The molecule has 1 aliphatic rings. The van der Waals surface area contributed by atoms with Crippen molar-refractivity contribution in [2.75, 3.05) is 13.2 Å². The molecule has 0 spiro atoms. The number of pyridine rings is 1. The Morgan fingerprint density at radius 3 is 2.46 bits per heavy atom. The highest BCUT2D eigenvalue weighted by atomic mass is 35.5. The third-order valence-electron chi connectivity index (χ3n) is 5.77. The first-order chi connectivity index (χ1) is 16.8. The summed E-state index contributed by atoms with van der Waals surface area (Å²) in [5.41, 5.74) is 0.414. The Balaban J connectivity index is 0.000000298. The summed E-state index contributed by atoms with van der Waals surface area (Å²) < 4.78 is 43.4. The SMILES string of the molecule is CCCCCCCCCCNCc1cccc(C(F)(F)F)c1Cl.O=C(O)C1COc2ncccc21. The Bertz CT molecular complexity index is 925. The van der Waals surface area contributed by atoms with Crippen LogP contribution in [-0.2, 0) is 17.5 Å². The number of fused-ring (bicyclic) bond motifs is 1. The van der Waals surface area contributed by atoms with E-state index in [0.29, 0.717) is 23.6 Å². The number of alkyl halides is 3. The van der Waals surface area contributed by atoms with Gasteiger partial charge in [-0.1, -0.05) is 81.7 Å². The number of hydrogen-bond acceptors (Lipinski definition) is 4. The molecule has 35 heavy (non-hydrogen) atoms. The molecular weight excluding hydrogens is 481 g/mol. The van der Waals surface area contributed by atoms with E-state index >= 15 is 0 Å². The van der Waals surface area contributed by atoms with Gasteiger partial charge >= 0.3 is 12.1 Å². The van der Waals surface area contributed by atoms with Crippen LogP contribution >= 0.6 is 11.6 Å². The number of carbonyl (C=O) groups is 1. The van der Waals surface area contributed by atoms with E-state index in [1.165, 1.54) is 44.6 Å². The summed E-state index contributed by atoms with van der Waals surface area (Å²) in [6.07, 6.45) is 7.12. The zero-order valence-electron chi connectivity index (χ0n) is 20.0. The molecule has 0 bridgehead atoms. The molecule has 0 amide bonds. The molecule has 9 heteroatoms. The van der Waals surface area contributed by atoms with E-state index in [1.54, 1.807) is 24.4 Å². The molecule has 0 fully saturated rings. The number of aliphatic carboxylic acids is 1. The minimum absolute atomic E-state index is 0.191. The maximum Gasteiger partial charge on any atom is 0.417 e. The third kappa shape index (κ3) is 9.68. The van der Waals surface area contributed by atoms with E-state index in [4.69, 9.17) is 21.4 Å². The topological polar surface area (TPSA) is 71.5 Å². The van der Waals surface area contributed by atoms with Gasteiger partial charge in [-0.2, -0.15) is 13.2 Å². The number of nitrogens with zero attached hydrogens (tertiary/aromatic N) is 1. The number of nitrogens with one attached hydrogen (secondary N) is 1. The molecule has 194 valence electrons. The monoisotopic (exact) mass is 514 g/mol. The molecule has 2 N–H and O–H groups in total. The van der Waals surface area contributed by atoms with Gasteiger partial charge in [0.15, 0.2) is 0 Å². The van der Waals surface area contributed by atoms with Crippen LogP contribution in [0, 0.1) is 0 Å². The Labute approximate surface area is 210 Å². The fraction of sp³-hybridized carbons (Fsp3) is 0.538. The van der Waals surface area contributed by atoms with E-state index in [9.17, 15) is 18.0 Å². The van der Waals surface area contributed by atoms with Gasteiger partial charge in [-0.15, -0.1) is 0 Å². The molecule has 1 aromatic carbocycles. The van der Waals surface area contributed by atoms with Gasteiger partial charge in [-0.3, -0.25) is 4.79 Å². The first-order valence-electron chi connectivity index (χ1n) is 12.1. The van der Waals surface area contributed by atoms with Crippen molar-refractivity contribution < 1.29 is 27.8 Å². The fourth-order valence-electron chi connectivity index (χ4n) is 3.79. The summed E-state index contributed by atoms with van der Waals surface area (Å²) in [5.74, 6) is -0.958. The molecule has 3 rings (SSSR count). The summed E-state index contributed by atoms with van der Waals surface area (Å²) in [4.78, 5) is 14.6. The highest BCUT2D eigenvalue weighted by Gasteiger charge is 2.33. The van der Waals surface area contributed by atoms with Crippen molar-refractivity contribution in [3.8, 4) is 5.88 Å². The molecule has 0 radical (unpaired) electrons. The van der Waals surface area contributed by atoms with Crippen molar-refractivity contribution in [3.63, 3.8) is 0 Å². The number of ether oxygens (including phenoxy) is 1. The van der Waals surface area contributed by atoms with Crippen molar-refractivity contribution in [3.05, 3.63) is 58.2 Å². The average Bonchev–Trinajstić information content (AvgIpc) is 3.25. The van der Waals surface area contributed by atoms with Crippen molar-refractivity contribution >= 4 is 17.6 Å². The van der Waals surface area contributed by atoms with Crippen LogP contribution in [0.25, 0.3) is 0 Å². The van der Waals surface area contributed by atoms with Gasteiger partial charge < -0.3 is 15.2 Å². The summed E-state index contributed by atoms with van der Waals surface area (Å²) in [6.45, 7) is 3.59. The highest BCUT2D eigenvalue weighted by Crippen LogP contribution is 2.36. The van der Waals surface area contributed by atoms with E-state index in [-0.39, 0.29) is 11.6 Å². The standard InChI is InChI=1S/C18H27ClF3N.C8H7NO3/c1-2-3-4-5-6-7-8-9-13-23-14-15-11-10-12-16(17(15)19)18(20,21)22;10-8(11)6-4-12-7-5(6)2-1-3-9-7/h10-12,23H,2-9,13-14H2,1H3;1-3,6H,4H2,(H,10,11). The van der Waals surface area contributed by atoms with Gasteiger partial charge in [0.25, 0.3) is 0 Å². The molecule has 1 unspecified atom stereocenters. The molecule has 5 nitrogen and oxygen atoms in total. The van der Waals surface area contributed by atoms with Crippen LogP contribution in [0.2, 0.25) is 5.02 Å². The first kappa shape index (κ1) is 28.9. The Kier molecular flexibility index (Phi) is 12.3. The second kappa shape index (κ2) is 14.9. The third-order valence-corrected chi connectivity index (χ3v) is 6.21. The second-order valence-electron chi connectivity index (χ2n) is 8.53. The number of aromatic nitrogens is 1. The molecular formula is C26H34ClF3N2O3. The maximum absolute atomic E-state index is 12.8. The van der Waals surface area contributed by atoms with Crippen molar-refractivity contribution in [1.29, 1.82) is 0 Å². The predicted molar refractivity (Wildman–Crippen MR) is 131 cm³/mol. The number of benzene rings is 1. The van der Waals surface area contributed by atoms with Crippen LogP contribution in [0.3, 0.4) is 0 Å². The van der Waals surface area contributed by atoms with Crippen LogP contribution in [0.5, 0.6) is 5.88 Å². The van der Waals surface area contributed by atoms with Crippen LogP contribution in [-0.4, -0.2) is 29.2 Å². The zero-order valence-corrected chi connectivity index (χ0v) is 20.8. The molecule has 2 aromatic rings. The Morgan fingerprint density at radius 2 is 1.80 bits per heavy atom. The minimum atomic E-state index is -4.40. The number of carboxylic acid groups (broad SMARTS) is 1. The minimum Gasteiger partial charge on any atom is -0.481 e. The molecule has 1 aromatic heterocycles. The number of carboxylic acids is 1. The van der Waals surface area contributed by atoms with Crippen molar-refractivity contribution in [2.24, 2.45) is 0 Å². The highest BCUT2D eigenvalue weighted by molar-refractivity contribution is 6.32. The van der Waals surface area contributed by atoms with Crippen LogP contribution < -0.4 is 10.1 Å². The Hall–Kier alpha value is -2.32. The van der Waals surface area contributed by atoms with Gasteiger partial charge in [0.1, 0.15) is 12.5 Å². The lowest BCUT2D eigenvalue weighted by atomic mass is 10.0. The number of hydrogen-bond donors (Lipinski definition) is 2. The van der Waals surface area contributed by atoms with Crippen LogP contribution in [0.1, 0.15) is 80.9 Å². The molecule has 0 aliphatic carbocycles. The number of rotatable bonds is 12. The molecule has 0 saturated carbocycles. The lowest BCUT2D eigenvalue weighted by Gasteiger charge is -2.13. The van der Waals surface area contributed by atoms with E-state index < -0.39 is 23.6 Å². The van der Waals surface area contributed by atoms with Crippen molar-refractivity contribution in [2.45, 2.75) is 76.9 Å². The maximum atomic E-state index is 12.8. The van der Waals surface area contributed by atoms with Gasteiger partial charge in [0.2, 0.25) is 5.88 Å². The van der Waals surface area contributed by atoms with Gasteiger partial charge in [0.05, 0.1) is 10.6 Å². The summed E-state index contributed by atoms with van der Waals surface area (Å²) in [6, 6.07) is 7.50. The lowest BCUT2D eigenvalue weighted by molar-refractivity contribution is -0.139. The zero-order chi connectivity index (χ0) is 25.7. The van der Waals surface area contributed by atoms with Gasteiger partial charge in [-0.05, 0) is 30.7 Å². The quantitative estimate of drug-likeness (QED) is 0.292. The van der Waals surface area contributed by atoms with E-state index in [1.807, 2.05) is 0 Å². The smallest absolute Gasteiger partial charge is 0.417 e. The normalized spacial score (nSPS) is 14.6. The Morgan fingerprint density at radius 1 is 1.11 bits per heavy atom. The molecule has 0 saturated heterocycles. The number of halogens is 4. The van der Waals surface area contributed by atoms with E-state index in [0.717, 1.165) is 25.5 Å². The second-order valence-corrected chi connectivity index (χ2v) is 8.91. The molecule has 2 heterocycles. The van der Waals surface area contributed by atoms with Crippen molar-refractivity contribution in [1.82, 2.24) is 10.3 Å². The molecule has 1 aliphatic heterocycles. The average molecular weight is 515 g/mol. The van der Waals surface area contributed by atoms with Gasteiger partial charge in [0, 0.05) is 18.3 Å². The lowest BCUT2D eigenvalue weighted by Crippen LogP contribution is -2.16. The number of unbranched alkanes of at least 4 members (excludes halogenated alkanes) is 7. The largest absolute Gasteiger partial charge is 0.481 e. The van der Waals surface area contributed by atoms with Gasteiger partial charge in [-0.25, -0.2) is 4.98 Å². The molecule has 1 atom stereocenters. The van der Waals surface area contributed by atoms with Crippen LogP contribution in [0.15, 0.2) is 36.5 Å². The summed E-state index contributed by atoms with van der Waals surface area (Å²) >= 11 is 5.86. The van der Waals surface area contributed by atoms with E-state index in [2.05, 4.69) is 17.2 Å². The first-order valence-corrected chi connectivity index (χ1v) is 12.5. The summed E-state index contributed by atoms with van der Waals surface area (Å²) in [5, 5.41) is 11.7. The fourth-order valence-corrected chi connectivity index (χ4v) is 4.09.